The zero-order valence-corrected chi connectivity index (χ0v) is 15.4. The van der Waals surface area contributed by atoms with Crippen molar-refractivity contribution in [2.75, 3.05) is 13.7 Å². The van der Waals surface area contributed by atoms with Gasteiger partial charge in [0.25, 0.3) is 5.91 Å². The van der Waals surface area contributed by atoms with Crippen LogP contribution in [0.4, 0.5) is 0 Å². The molecule has 8 heteroatoms. The molecule has 3 rings (SSSR count). The van der Waals surface area contributed by atoms with Crippen molar-refractivity contribution in [2.24, 2.45) is 5.10 Å². The number of methoxy groups -OCH3 is 1. The van der Waals surface area contributed by atoms with Gasteiger partial charge >= 0.3 is 0 Å². The van der Waals surface area contributed by atoms with E-state index in [9.17, 15) is 9.90 Å². The van der Waals surface area contributed by atoms with Gasteiger partial charge in [-0.05, 0) is 52.4 Å². The Morgan fingerprint density at radius 2 is 2.16 bits per heavy atom. The van der Waals surface area contributed by atoms with Crippen LogP contribution in [0.25, 0.3) is 0 Å². The first-order valence-electron chi connectivity index (χ1n) is 7.36. The van der Waals surface area contributed by atoms with Gasteiger partial charge in [0.05, 0.1) is 16.9 Å². The van der Waals surface area contributed by atoms with E-state index in [1.807, 2.05) is 28.7 Å². The average Bonchev–Trinajstić information content (AvgIpc) is 2.63. The summed E-state index contributed by atoms with van der Waals surface area (Å²) in [4.78, 5) is 12.1. The number of carbonyl (C=O) groups is 1. The number of benzene rings is 2. The summed E-state index contributed by atoms with van der Waals surface area (Å²) < 4.78 is 16.8. The Labute approximate surface area is 157 Å². The van der Waals surface area contributed by atoms with Crippen LogP contribution in [0.2, 0.25) is 0 Å². The fourth-order valence-corrected chi connectivity index (χ4v) is 2.84. The molecule has 1 aliphatic heterocycles. The van der Waals surface area contributed by atoms with Gasteiger partial charge in [-0.15, -0.1) is 0 Å². The minimum absolute atomic E-state index is 0.0655. The Morgan fingerprint density at radius 3 is 2.92 bits per heavy atom. The molecule has 1 amide bonds. The number of ether oxygens (including phenoxy) is 3. The number of hydrogen-bond acceptors (Lipinski definition) is 6. The standard InChI is InChI=1S/C17H15IN2O5/c1-23-14-7-10(6-11(18)16(14)21)8-19-20-17(22)15-9-24-12-4-2-3-5-13(12)25-15/h2-8,15,21H,9H2,1H3,(H,20,22). The van der Waals surface area contributed by atoms with Crippen LogP contribution >= 0.6 is 22.6 Å². The van der Waals surface area contributed by atoms with E-state index in [0.717, 1.165) is 0 Å². The van der Waals surface area contributed by atoms with E-state index in [1.165, 1.54) is 13.3 Å². The SMILES string of the molecule is COc1cc(C=NNC(=O)C2COc3ccccc3O2)cc(I)c1O. The van der Waals surface area contributed by atoms with Gasteiger partial charge in [-0.1, -0.05) is 12.1 Å². The van der Waals surface area contributed by atoms with Gasteiger partial charge in [0, 0.05) is 0 Å². The summed E-state index contributed by atoms with van der Waals surface area (Å²) in [6, 6.07) is 10.5. The average molecular weight is 454 g/mol. The lowest BCUT2D eigenvalue weighted by molar-refractivity contribution is -0.130. The van der Waals surface area contributed by atoms with Crippen molar-refractivity contribution in [1.82, 2.24) is 5.43 Å². The molecule has 2 aromatic rings. The van der Waals surface area contributed by atoms with Crippen molar-refractivity contribution in [3.8, 4) is 23.0 Å². The van der Waals surface area contributed by atoms with Crippen molar-refractivity contribution in [1.29, 1.82) is 0 Å². The molecular formula is C17H15IN2O5. The van der Waals surface area contributed by atoms with Gasteiger partial charge in [0.1, 0.15) is 6.61 Å². The maximum absolute atomic E-state index is 12.1. The smallest absolute Gasteiger partial charge is 0.284 e. The third-order valence-electron chi connectivity index (χ3n) is 3.46. The normalized spacial score (nSPS) is 15.8. The molecule has 1 atom stereocenters. The Balaban J connectivity index is 1.63. The summed E-state index contributed by atoms with van der Waals surface area (Å²) in [5.41, 5.74) is 3.09. The zero-order chi connectivity index (χ0) is 17.8. The molecule has 2 aromatic carbocycles. The highest BCUT2D eigenvalue weighted by atomic mass is 127. The first-order valence-corrected chi connectivity index (χ1v) is 8.44. The molecular weight excluding hydrogens is 439 g/mol. The summed E-state index contributed by atoms with van der Waals surface area (Å²) in [5.74, 6) is 1.12. The molecule has 0 saturated heterocycles. The number of nitrogens with zero attached hydrogens (tertiary/aromatic N) is 1. The fraction of sp³-hybridized carbons (Fsp3) is 0.176. The lowest BCUT2D eigenvalue weighted by Crippen LogP contribution is -2.42. The number of para-hydroxylation sites is 2. The second-order valence-electron chi connectivity index (χ2n) is 5.15. The second-order valence-corrected chi connectivity index (χ2v) is 6.31. The van der Waals surface area contributed by atoms with Crippen molar-refractivity contribution < 1.29 is 24.1 Å². The molecule has 1 heterocycles. The number of phenolic OH excluding ortho intramolecular Hbond substituents is 1. The third-order valence-corrected chi connectivity index (χ3v) is 4.28. The van der Waals surface area contributed by atoms with Crippen molar-refractivity contribution >= 4 is 34.7 Å². The highest BCUT2D eigenvalue weighted by Crippen LogP contribution is 2.32. The van der Waals surface area contributed by atoms with Gasteiger partial charge in [-0.3, -0.25) is 4.79 Å². The summed E-state index contributed by atoms with van der Waals surface area (Å²) in [5, 5.41) is 13.7. The van der Waals surface area contributed by atoms with E-state index in [2.05, 4.69) is 10.5 Å². The molecule has 0 saturated carbocycles. The number of fused-ring (bicyclic) bond motifs is 1. The molecule has 25 heavy (non-hydrogen) atoms. The van der Waals surface area contributed by atoms with E-state index >= 15 is 0 Å². The molecule has 0 fully saturated rings. The van der Waals surface area contributed by atoms with Crippen molar-refractivity contribution in [3.05, 3.63) is 45.5 Å². The van der Waals surface area contributed by atoms with Gasteiger partial charge < -0.3 is 19.3 Å². The minimum atomic E-state index is -0.776. The number of nitrogens with one attached hydrogen (secondary N) is 1. The number of amides is 1. The number of halogens is 1. The number of aromatic hydroxyl groups is 1. The topological polar surface area (TPSA) is 89.4 Å². The summed E-state index contributed by atoms with van der Waals surface area (Å²) in [6.07, 6.45) is 0.682. The Kier molecular flexibility index (Phi) is 5.27. The molecule has 7 nitrogen and oxygen atoms in total. The van der Waals surface area contributed by atoms with Gasteiger partial charge in [0.2, 0.25) is 6.10 Å². The van der Waals surface area contributed by atoms with Crippen LogP contribution < -0.4 is 19.6 Å². The van der Waals surface area contributed by atoms with Crippen LogP contribution in [-0.2, 0) is 4.79 Å². The highest BCUT2D eigenvalue weighted by molar-refractivity contribution is 14.1. The Bertz CT molecular complexity index is 825. The Morgan fingerprint density at radius 1 is 1.40 bits per heavy atom. The van der Waals surface area contributed by atoms with Crippen LogP contribution in [0.3, 0.4) is 0 Å². The second kappa shape index (κ2) is 7.60. The van der Waals surface area contributed by atoms with Crippen LogP contribution in [-0.4, -0.2) is 37.0 Å². The van der Waals surface area contributed by atoms with Gasteiger partial charge in [-0.25, -0.2) is 5.43 Å². The Hall–Kier alpha value is -2.49. The van der Waals surface area contributed by atoms with Crippen LogP contribution in [0.15, 0.2) is 41.5 Å². The third kappa shape index (κ3) is 3.95. The quantitative estimate of drug-likeness (QED) is 0.421. The number of hydrogen-bond donors (Lipinski definition) is 2. The first kappa shape index (κ1) is 17.3. The molecule has 1 aliphatic rings. The van der Waals surface area contributed by atoms with Gasteiger partial charge in [0.15, 0.2) is 23.0 Å². The maximum Gasteiger partial charge on any atom is 0.284 e. The van der Waals surface area contributed by atoms with Crippen LogP contribution in [0, 0.1) is 3.57 Å². The molecule has 2 N–H and O–H groups in total. The van der Waals surface area contributed by atoms with Crippen LogP contribution in [0.5, 0.6) is 23.0 Å². The predicted molar refractivity (Wildman–Crippen MR) is 99.5 cm³/mol. The number of rotatable bonds is 4. The number of carbonyl (C=O) groups excluding carboxylic acids is 1. The number of phenols is 1. The summed E-state index contributed by atoms with van der Waals surface area (Å²) >= 11 is 1.98. The van der Waals surface area contributed by atoms with E-state index in [0.29, 0.717) is 26.4 Å². The largest absolute Gasteiger partial charge is 0.504 e. The zero-order valence-electron chi connectivity index (χ0n) is 13.2. The lowest BCUT2D eigenvalue weighted by Gasteiger charge is -2.24. The monoisotopic (exact) mass is 454 g/mol. The van der Waals surface area contributed by atoms with E-state index in [-0.39, 0.29) is 12.4 Å². The van der Waals surface area contributed by atoms with E-state index in [1.54, 1.807) is 30.3 Å². The van der Waals surface area contributed by atoms with Crippen molar-refractivity contribution in [2.45, 2.75) is 6.10 Å². The lowest BCUT2D eigenvalue weighted by atomic mass is 10.2. The molecule has 1 unspecified atom stereocenters. The first-order chi connectivity index (χ1) is 12.1. The summed E-state index contributed by atoms with van der Waals surface area (Å²) in [6.45, 7) is 0.114. The van der Waals surface area contributed by atoms with E-state index < -0.39 is 12.0 Å². The van der Waals surface area contributed by atoms with Crippen LogP contribution in [0.1, 0.15) is 5.56 Å². The summed E-state index contributed by atoms with van der Waals surface area (Å²) in [7, 11) is 1.46. The maximum atomic E-state index is 12.1. The molecule has 0 spiro atoms. The molecule has 130 valence electrons. The van der Waals surface area contributed by atoms with Crippen molar-refractivity contribution in [3.63, 3.8) is 0 Å². The van der Waals surface area contributed by atoms with E-state index in [4.69, 9.17) is 14.2 Å². The molecule has 0 aliphatic carbocycles. The minimum Gasteiger partial charge on any atom is -0.504 e. The fourth-order valence-electron chi connectivity index (χ4n) is 2.22. The van der Waals surface area contributed by atoms with Gasteiger partial charge in [-0.2, -0.15) is 5.10 Å². The highest BCUT2D eigenvalue weighted by Gasteiger charge is 2.26. The predicted octanol–water partition coefficient (Wildman–Crippen LogP) is 2.30. The molecule has 0 bridgehead atoms. The molecule has 0 radical (unpaired) electrons. The molecule has 0 aromatic heterocycles. The number of hydrazone groups is 1.